The highest BCUT2D eigenvalue weighted by molar-refractivity contribution is 7.97. The third kappa shape index (κ3) is 4.79. The summed E-state index contributed by atoms with van der Waals surface area (Å²) in [5.41, 5.74) is 6.92. The monoisotopic (exact) mass is 297 g/mol. The fourth-order valence-corrected chi connectivity index (χ4v) is 2.68. The quantitative estimate of drug-likeness (QED) is 0.789. The number of anilines is 1. The van der Waals surface area contributed by atoms with Crippen LogP contribution in [0, 0.1) is 0 Å². The van der Waals surface area contributed by atoms with Gasteiger partial charge in [-0.1, -0.05) is 0 Å². The fraction of sp³-hybridized carbons (Fsp3) is 0.429. The van der Waals surface area contributed by atoms with Crippen molar-refractivity contribution in [2.75, 3.05) is 44.7 Å². The molecule has 0 spiro atoms. The van der Waals surface area contributed by atoms with Gasteiger partial charge in [0.1, 0.15) is 0 Å². The van der Waals surface area contributed by atoms with E-state index in [2.05, 4.69) is 21.8 Å². The highest BCUT2D eigenvalue weighted by Gasteiger charge is 2.11. The van der Waals surface area contributed by atoms with Crippen LogP contribution in [0.4, 0.5) is 10.1 Å². The smallest absolute Gasteiger partial charge is 0.0889 e. The zero-order chi connectivity index (χ0) is 14.2. The summed E-state index contributed by atoms with van der Waals surface area (Å²) in [5.74, 6) is 0. The Bertz CT molecular complexity index is 433. The molecular weight excluding hydrogens is 277 g/mol. The van der Waals surface area contributed by atoms with Gasteiger partial charge in [0.05, 0.1) is 19.5 Å². The van der Waals surface area contributed by atoms with Gasteiger partial charge in [0.25, 0.3) is 0 Å². The summed E-state index contributed by atoms with van der Waals surface area (Å²) in [5, 5.41) is 3.15. The molecule has 0 aromatic heterocycles. The van der Waals surface area contributed by atoms with Gasteiger partial charge in [-0.05, 0) is 41.8 Å². The Morgan fingerprint density at radius 1 is 1.35 bits per heavy atom. The molecule has 0 aliphatic carbocycles. The first kappa shape index (κ1) is 15.3. The Morgan fingerprint density at radius 3 is 2.65 bits per heavy atom. The van der Waals surface area contributed by atoms with Crippen molar-refractivity contribution >= 4 is 17.6 Å². The van der Waals surface area contributed by atoms with Gasteiger partial charge in [-0.2, -0.15) is 0 Å². The summed E-state index contributed by atoms with van der Waals surface area (Å²) < 4.78 is 20.0. The molecule has 1 saturated heterocycles. The van der Waals surface area contributed by atoms with Gasteiger partial charge < -0.3 is 15.8 Å². The SMILES string of the molecule is NC/C(=C\F)CNc1ccc(SN2CCOCC2)cc1. The summed E-state index contributed by atoms with van der Waals surface area (Å²) >= 11 is 1.74. The number of nitrogens with one attached hydrogen (secondary N) is 1. The number of morpholine rings is 1. The second-order valence-corrected chi connectivity index (χ2v) is 5.65. The van der Waals surface area contributed by atoms with Gasteiger partial charge in [-0.15, -0.1) is 0 Å². The number of hydrogen-bond acceptors (Lipinski definition) is 5. The van der Waals surface area contributed by atoms with Gasteiger partial charge in [-0.3, -0.25) is 0 Å². The molecule has 0 bridgehead atoms. The van der Waals surface area contributed by atoms with E-state index in [0.717, 1.165) is 32.0 Å². The van der Waals surface area contributed by atoms with Crippen molar-refractivity contribution < 1.29 is 9.13 Å². The molecule has 0 saturated carbocycles. The van der Waals surface area contributed by atoms with E-state index in [-0.39, 0.29) is 6.54 Å². The number of halogens is 1. The van der Waals surface area contributed by atoms with Crippen LogP contribution < -0.4 is 11.1 Å². The molecule has 110 valence electrons. The maximum Gasteiger partial charge on any atom is 0.0889 e. The summed E-state index contributed by atoms with van der Waals surface area (Å²) in [6, 6.07) is 8.11. The lowest BCUT2D eigenvalue weighted by atomic mass is 10.2. The molecule has 3 N–H and O–H groups in total. The average molecular weight is 297 g/mol. The van der Waals surface area contributed by atoms with E-state index in [4.69, 9.17) is 10.5 Å². The van der Waals surface area contributed by atoms with Crippen LogP contribution in [-0.2, 0) is 4.74 Å². The van der Waals surface area contributed by atoms with Crippen molar-refractivity contribution in [1.82, 2.24) is 4.31 Å². The van der Waals surface area contributed by atoms with E-state index < -0.39 is 0 Å². The second-order valence-electron chi connectivity index (χ2n) is 4.48. The molecule has 1 aromatic carbocycles. The highest BCUT2D eigenvalue weighted by Crippen LogP contribution is 2.24. The first-order valence-corrected chi connectivity index (χ1v) is 7.42. The van der Waals surface area contributed by atoms with Crippen molar-refractivity contribution in [3.8, 4) is 0 Å². The molecule has 0 radical (unpaired) electrons. The Hall–Kier alpha value is -1.08. The average Bonchev–Trinajstić information content (AvgIpc) is 2.51. The van der Waals surface area contributed by atoms with Crippen LogP contribution in [-0.4, -0.2) is 43.7 Å². The lowest BCUT2D eigenvalue weighted by Gasteiger charge is -2.25. The van der Waals surface area contributed by atoms with E-state index in [1.54, 1.807) is 11.9 Å². The topological polar surface area (TPSA) is 50.5 Å². The standard InChI is InChI=1S/C14H20FN3OS/c15-9-12(10-16)11-17-13-1-3-14(4-2-13)20-18-5-7-19-8-6-18/h1-4,9,17H,5-8,10-11,16H2/b12-9+. The van der Waals surface area contributed by atoms with Gasteiger partial charge in [0, 0.05) is 36.8 Å². The maximum atomic E-state index is 12.4. The van der Waals surface area contributed by atoms with Crippen LogP contribution in [0.2, 0.25) is 0 Å². The lowest BCUT2D eigenvalue weighted by Crippen LogP contribution is -2.30. The van der Waals surface area contributed by atoms with E-state index in [9.17, 15) is 4.39 Å². The van der Waals surface area contributed by atoms with Gasteiger partial charge in [-0.25, -0.2) is 8.70 Å². The number of benzene rings is 1. The number of rotatable bonds is 6. The minimum atomic E-state index is 0.231. The molecule has 0 amide bonds. The van der Waals surface area contributed by atoms with Crippen LogP contribution in [0.3, 0.4) is 0 Å². The van der Waals surface area contributed by atoms with Gasteiger partial charge in [0.15, 0.2) is 0 Å². The minimum absolute atomic E-state index is 0.231. The fourth-order valence-electron chi connectivity index (χ4n) is 1.79. The Kier molecular flexibility index (Phi) is 6.32. The Morgan fingerprint density at radius 2 is 2.05 bits per heavy atom. The van der Waals surface area contributed by atoms with Crippen molar-refractivity contribution in [2.24, 2.45) is 5.73 Å². The Balaban J connectivity index is 1.82. The molecule has 20 heavy (non-hydrogen) atoms. The minimum Gasteiger partial charge on any atom is -0.381 e. The molecule has 0 unspecified atom stereocenters. The van der Waals surface area contributed by atoms with E-state index in [1.807, 2.05) is 12.1 Å². The molecule has 1 heterocycles. The zero-order valence-corrected chi connectivity index (χ0v) is 12.2. The largest absolute Gasteiger partial charge is 0.381 e. The Labute approximate surface area is 123 Å². The maximum absolute atomic E-state index is 12.4. The predicted molar refractivity (Wildman–Crippen MR) is 81.4 cm³/mol. The van der Waals surface area contributed by atoms with Gasteiger partial charge >= 0.3 is 0 Å². The van der Waals surface area contributed by atoms with Gasteiger partial charge in [0.2, 0.25) is 0 Å². The summed E-state index contributed by atoms with van der Waals surface area (Å²) in [6.45, 7) is 4.16. The highest BCUT2D eigenvalue weighted by atomic mass is 32.2. The lowest BCUT2D eigenvalue weighted by molar-refractivity contribution is 0.0773. The molecule has 1 aromatic rings. The molecular formula is C14H20FN3OS. The molecule has 2 rings (SSSR count). The first-order valence-electron chi connectivity index (χ1n) is 6.64. The third-order valence-corrected chi connectivity index (χ3v) is 4.10. The van der Waals surface area contributed by atoms with Crippen LogP contribution >= 0.6 is 11.9 Å². The number of hydrogen-bond donors (Lipinski definition) is 2. The molecule has 1 fully saturated rings. The number of nitrogens with two attached hydrogens (primary N) is 1. The van der Waals surface area contributed by atoms with Crippen molar-refractivity contribution in [3.63, 3.8) is 0 Å². The molecule has 4 nitrogen and oxygen atoms in total. The van der Waals surface area contributed by atoms with Crippen LogP contribution in [0.15, 0.2) is 41.1 Å². The molecule has 1 aliphatic rings. The van der Waals surface area contributed by atoms with E-state index in [1.165, 1.54) is 4.90 Å². The third-order valence-electron chi connectivity index (χ3n) is 2.99. The van der Waals surface area contributed by atoms with Crippen molar-refractivity contribution in [1.29, 1.82) is 0 Å². The first-order chi connectivity index (χ1) is 9.81. The summed E-state index contributed by atoms with van der Waals surface area (Å²) in [6.07, 6.45) is 0.565. The summed E-state index contributed by atoms with van der Waals surface area (Å²) in [7, 11) is 0. The van der Waals surface area contributed by atoms with Crippen LogP contribution in [0.25, 0.3) is 0 Å². The van der Waals surface area contributed by atoms with Crippen molar-refractivity contribution in [3.05, 3.63) is 36.2 Å². The number of nitrogens with zero attached hydrogens (tertiary/aromatic N) is 1. The number of ether oxygens (including phenoxy) is 1. The van der Waals surface area contributed by atoms with Crippen LogP contribution in [0.1, 0.15) is 0 Å². The van der Waals surface area contributed by atoms with Crippen molar-refractivity contribution in [2.45, 2.75) is 4.90 Å². The molecule has 1 aliphatic heterocycles. The summed E-state index contributed by atoms with van der Waals surface area (Å²) in [4.78, 5) is 1.19. The molecule has 0 atom stereocenters. The van der Waals surface area contributed by atoms with E-state index >= 15 is 0 Å². The normalized spacial score (nSPS) is 17.2. The predicted octanol–water partition coefficient (Wildman–Crippen LogP) is 2.25. The van der Waals surface area contributed by atoms with E-state index in [0.29, 0.717) is 18.4 Å². The zero-order valence-electron chi connectivity index (χ0n) is 11.3. The molecule has 6 heteroatoms. The van der Waals surface area contributed by atoms with Crippen LogP contribution in [0.5, 0.6) is 0 Å². The second kappa shape index (κ2) is 8.26.